The molecule has 1 fully saturated rings. The van der Waals surface area contributed by atoms with Crippen molar-refractivity contribution in [1.29, 1.82) is 0 Å². The number of hydrogen-bond acceptors (Lipinski definition) is 1. The maximum Gasteiger partial charge on any atom is 0.185 e. The molecule has 0 amide bonds. The molecule has 0 aliphatic heterocycles. The largest absolute Gasteiger partial charge is 0.358 e. The van der Waals surface area contributed by atoms with Gasteiger partial charge in [0, 0.05) is 28.6 Å². The smallest absolute Gasteiger partial charge is 0.185 e. The molecule has 1 N–H and O–H groups in total. The van der Waals surface area contributed by atoms with Gasteiger partial charge in [0.25, 0.3) is 0 Å². The van der Waals surface area contributed by atoms with E-state index in [9.17, 15) is 4.79 Å². The maximum absolute atomic E-state index is 12.5. The molecule has 2 aromatic rings. The minimum absolute atomic E-state index is 0.131. The van der Waals surface area contributed by atoms with Crippen molar-refractivity contribution in [2.24, 2.45) is 0 Å². The predicted molar refractivity (Wildman–Crippen MR) is 97.4 cm³/mol. The van der Waals surface area contributed by atoms with Crippen LogP contribution in [-0.2, 0) is 5.41 Å². The monoisotopic (exact) mass is 309 g/mol. The first kappa shape index (κ1) is 16.0. The van der Waals surface area contributed by atoms with Crippen LogP contribution in [0.3, 0.4) is 0 Å². The number of hydrogen-bond donors (Lipinski definition) is 1. The highest BCUT2D eigenvalue weighted by Gasteiger charge is 2.28. The zero-order valence-corrected chi connectivity index (χ0v) is 15.1. The average molecular weight is 309 g/mol. The fourth-order valence-corrected chi connectivity index (χ4v) is 3.64. The van der Waals surface area contributed by atoms with Gasteiger partial charge in [-0.05, 0) is 67.7 Å². The van der Waals surface area contributed by atoms with Crippen LogP contribution in [0.1, 0.15) is 67.5 Å². The molecule has 1 saturated carbocycles. The molecule has 2 nitrogen and oxygen atoms in total. The van der Waals surface area contributed by atoms with Crippen LogP contribution in [-0.4, -0.2) is 4.98 Å². The van der Waals surface area contributed by atoms with Gasteiger partial charge in [0.15, 0.2) is 5.43 Å². The van der Waals surface area contributed by atoms with E-state index in [-0.39, 0.29) is 10.8 Å². The van der Waals surface area contributed by atoms with Gasteiger partial charge in [0.1, 0.15) is 0 Å². The molecule has 3 rings (SSSR count). The summed E-state index contributed by atoms with van der Waals surface area (Å²) in [5, 5.41) is 0. The Balaban J connectivity index is 2.13. The van der Waals surface area contributed by atoms with Crippen LogP contribution in [0.5, 0.6) is 0 Å². The second-order valence-electron chi connectivity index (χ2n) is 8.09. The zero-order chi connectivity index (χ0) is 16.9. The fourth-order valence-electron chi connectivity index (χ4n) is 3.64. The molecule has 0 spiro atoms. The highest BCUT2D eigenvalue weighted by Crippen LogP contribution is 2.40. The topological polar surface area (TPSA) is 32.9 Å². The number of aromatic amines is 1. The maximum atomic E-state index is 12.5. The third kappa shape index (κ3) is 2.99. The highest BCUT2D eigenvalue weighted by molar-refractivity contribution is 5.66. The van der Waals surface area contributed by atoms with E-state index in [1.807, 2.05) is 6.92 Å². The summed E-state index contributed by atoms with van der Waals surface area (Å²) in [5.41, 5.74) is 8.30. The molecule has 1 aliphatic rings. The van der Waals surface area contributed by atoms with Crippen molar-refractivity contribution >= 4 is 0 Å². The van der Waals surface area contributed by atoms with Crippen molar-refractivity contribution in [2.45, 2.75) is 65.7 Å². The lowest BCUT2D eigenvalue weighted by Gasteiger charge is -2.23. The summed E-state index contributed by atoms with van der Waals surface area (Å²) in [6.45, 7) is 13.0. The zero-order valence-electron chi connectivity index (χ0n) is 15.1. The van der Waals surface area contributed by atoms with Gasteiger partial charge in [-0.1, -0.05) is 26.8 Å². The summed E-state index contributed by atoms with van der Waals surface area (Å²) in [6, 6.07) is 6.28. The van der Waals surface area contributed by atoms with Crippen molar-refractivity contribution < 1.29 is 0 Å². The van der Waals surface area contributed by atoms with Crippen molar-refractivity contribution in [3.8, 4) is 11.3 Å². The van der Waals surface area contributed by atoms with E-state index in [4.69, 9.17) is 0 Å². The Bertz CT molecular complexity index is 817. The Morgan fingerprint density at radius 3 is 2.17 bits per heavy atom. The molecular formula is C21H27NO. The van der Waals surface area contributed by atoms with Crippen molar-refractivity contribution in [1.82, 2.24) is 4.98 Å². The van der Waals surface area contributed by atoms with Gasteiger partial charge >= 0.3 is 0 Å². The first-order valence-corrected chi connectivity index (χ1v) is 8.54. The fraction of sp³-hybridized carbons (Fsp3) is 0.476. The molecule has 23 heavy (non-hydrogen) atoms. The van der Waals surface area contributed by atoms with Gasteiger partial charge in [-0.2, -0.15) is 0 Å². The SMILES string of the molecule is Cc1cc(C(C)(C)C)c(C)cc1-c1cc(=O)c(C2CC2)c(C)[nH]1. The molecule has 0 radical (unpaired) electrons. The molecule has 0 unspecified atom stereocenters. The highest BCUT2D eigenvalue weighted by atomic mass is 16.1. The van der Waals surface area contributed by atoms with Crippen molar-refractivity contribution in [3.05, 3.63) is 56.4 Å². The van der Waals surface area contributed by atoms with Crippen LogP contribution in [0, 0.1) is 20.8 Å². The molecule has 0 saturated heterocycles. The predicted octanol–water partition coefficient (Wildman–Crippen LogP) is 5.14. The first-order valence-electron chi connectivity index (χ1n) is 8.54. The lowest BCUT2D eigenvalue weighted by molar-refractivity contribution is 0.585. The normalized spacial score (nSPS) is 15.0. The standard InChI is InChI=1S/C21H27NO/c1-12-10-17(21(4,5)6)13(2)9-16(12)18-11-19(23)20(14(3)22-18)15-7-8-15/h9-11,15H,7-8H2,1-6H3,(H,22,23). The Labute approximate surface area is 139 Å². The van der Waals surface area contributed by atoms with Gasteiger partial charge in [0.2, 0.25) is 0 Å². The molecular weight excluding hydrogens is 282 g/mol. The van der Waals surface area contributed by atoms with Gasteiger partial charge in [-0.25, -0.2) is 0 Å². The first-order chi connectivity index (χ1) is 10.7. The van der Waals surface area contributed by atoms with E-state index in [2.05, 4.69) is 51.7 Å². The number of H-pyrrole nitrogens is 1. The summed E-state index contributed by atoms with van der Waals surface area (Å²) in [6.07, 6.45) is 2.31. The Morgan fingerprint density at radius 2 is 1.65 bits per heavy atom. The summed E-state index contributed by atoms with van der Waals surface area (Å²) in [5.74, 6) is 0.485. The van der Waals surface area contributed by atoms with Crippen LogP contribution in [0.15, 0.2) is 23.0 Å². The Kier molecular flexibility index (Phi) is 3.74. The van der Waals surface area contributed by atoms with Gasteiger partial charge in [0.05, 0.1) is 0 Å². The van der Waals surface area contributed by atoms with E-state index in [0.717, 1.165) is 35.4 Å². The number of aromatic nitrogens is 1. The summed E-state index contributed by atoms with van der Waals surface area (Å²) in [7, 11) is 0. The van der Waals surface area contributed by atoms with Crippen LogP contribution in [0.4, 0.5) is 0 Å². The van der Waals surface area contributed by atoms with Crippen LogP contribution < -0.4 is 5.43 Å². The molecule has 122 valence electrons. The Morgan fingerprint density at radius 1 is 1.00 bits per heavy atom. The second kappa shape index (κ2) is 5.36. The van der Waals surface area contributed by atoms with Crippen LogP contribution in [0.25, 0.3) is 11.3 Å². The van der Waals surface area contributed by atoms with E-state index in [1.54, 1.807) is 6.07 Å². The summed E-state index contributed by atoms with van der Waals surface area (Å²) >= 11 is 0. The van der Waals surface area contributed by atoms with E-state index >= 15 is 0 Å². The molecule has 1 aromatic heterocycles. The molecule has 0 atom stereocenters. The number of pyridine rings is 1. The number of aryl methyl sites for hydroxylation is 3. The lowest BCUT2D eigenvalue weighted by atomic mass is 9.82. The van der Waals surface area contributed by atoms with Gasteiger partial charge in [-0.15, -0.1) is 0 Å². The number of rotatable bonds is 2. The van der Waals surface area contributed by atoms with Crippen LogP contribution in [0.2, 0.25) is 0 Å². The minimum atomic E-state index is 0.131. The molecule has 1 heterocycles. The summed E-state index contributed by atoms with van der Waals surface area (Å²) in [4.78, 5) is 16.0. The molecule has 2 heteroatoms. The van der Waals surface area contributed by atoms with E-state index in [0.29, 0.717) is 5.92 Å². The summed E-state index contributed by atoms with van der Waals surface area (Å²) < 4.78 is 0. The van der Waals surface area contributed by atoms with Crippen molar-refractivity contribution in [2.75, 3.05) is 0 Å². The molecule has 0 bridgehead atoms. The lowest BCUT2D eigenvalue weighted by Crippen LogP contribution is -2.14. The van der Waals surface area contributed by atoms with Gasteiger partial charge < -0.3 is 4.98 Å². The van der Waals surface area contributed by atoms with Crippen LogP contribution >= 0.6 is 0 Å². The molecule has 1 aliphatic carbocycles. The third-order valence-electron chi connectivity index (χ3n) is 4.92. The van der Waals surface area contributed by atoms with Gasteiger partial charge in [-0.3, -0.25) is 4.79 Å². The number of nitrogens with one attached hydrogen (secondary N) is 1. The molecule has 1 aromatic carbocycles. The average Bonchev–Trinajstić information content (AvgIpc) is 3.23. The second-order valence-corrected chi connectivity index (χ2v) is 8.09. The Hall–Kier alpha value is -1.83. The minimum Gasteiger partial charge on any atom is -0.358 e. The van der Waals surface area contributed by atoms with E-state index < -0.39 is 0 Å². The third-order valence-corrected chi connectivity index (χ3v) is 4.92. The van der Waals surface area contributed by atoms with Crippen molar-refractivity contribution in [3.63, 3.8) is 0 Å². The number of benzene rings is 1. The quantitative estimate of drug-likeness (QED) is 0.818. The van der Waals surface area contributed by atoms with E-state index in [1.165, 1.54) is 16.7 Å².